The molecule has 0 bridgehead atoms. The SMILES string of the molecule is Cc1cc(-c2cnc3ccccc3c2)cnc1-n1cnnc1. The Morgan fingerprint density at radius 1 is 0.864 bits per heavy atom. The number of benzene rings is 1. The van der Waals surface area contributed by atoms with Crippen molar-refractivity contribution >= 4 is 10.9 Å². The first-order valence-corrected chi connectivity index (χ1v) is 6.98. The zero-order valence-corrected chi connectivity index (χ0v) is 12.0. The van der Waals surface area contributed by atoms with Gasteiger partial charge in [-0.3, -0.25) is 9.55 Å². The lowest BCUT2D eigenvalue weighted by atomic mass is 10.1. The van der Waals surface area contributed by atoms with Gasteiger partial charge in [0.25, 0.3) is 0 Å². The lowest BCUT2D eigenvalue weighted by Gasteiger charge is -2.08. The van der Waals surface area contributed by atoms with Gasteiger partial charge in [-0.1, -0.05) is 18.2 Å². The van der Waals surface area contributed by atoms with E-state index in [4.69, 9.17) is 0 Å². The Morgan fingerprint density at radius 3 is 2.41 bits per heavy atom. The van der Waals surface area contributed by atoms with Gasteiger partial charge in [-0.25, -0.2) is 4.98 Å². The monoisotopic (exact) mass is 287 g/mol. The van der Waals surface area contributed by atoms with Gasteiger partial charge in [0.1, 0.15) is 18.5 Å². The fraction of sp³-hybridized carbons (Fsp3) is 0.0588. The summed E-state index contributed by atoms with van der Waals surface area (Å²) in [6, 6.07) is 12.3. The zero-order chi connectivity index (χ0) is 14.9. The lowest BCUT2D eigenvalue weighted by molar-refractivity contribution is 0.974. The second kappa shape index (κ2) is 5.04. The second-order valence-corrected chi connectivity index (χ2v) is 5.15. The van der Waals surface area contributed by atoms with Crippen LogP contribution in [-0.4, -0.2) is 24.7 Å². The molecule has 0 aliphatic carbocycles. The molecular weight excluding hydrogens is 274 g/mol. The number of fused-ring (bicyclic) bond motifs is 1. The van der Waals surface area contributed by atoms with Crippen LogP contribution in [0.5, 0.6) is 0 Å². The number of pyridine rings is 2. The Hall–Kier alpha value is -3.08. The van der Waals surface area contributed by atoms with E-state index in [0.29, 0.717) is 0 Å². The van der Waals surface area contributed by atoms with E-state index >= 15 is 0 Å². The van der Waals surface area contributed by atoms with E-state index in [1.807, 2.05) is 37.5 Å². The number of aryl methyl sites for hydroxylation is 1. The van der Waals surface area contributed by atoms with E-state index in [1.54, 1.807) is 17.2 Å². The maximum absolute atomic E-state index is 4.53. The Bertz CT molecular complexity index is 944. The predicted molar refractivity (Wildman–Crippen MR) is 84.6 cm³/mol. The van der Waals surface area contributed by atoms with Crippen LogP contribution < -0.4 is 0 Å². The van der Waals surface area contributed by atoms with Crippen molar-refractivity contribution in [1.82, 2.24) is 24.7 Å². The molecule has 4 rings (SSSR count). The summed E-state index contributed by atoms with van der Waals surface area (Å²) in [6.07, 6.45) is 7.03. The van der Waals surface area contributed by atoms with E-state index < -0.39 is 0 Å². The van der Waals surface area contributed by atoms with Gasteiger partial charge in [0.05, 0.1) is 5.52 Å². The number of hydrogen-bond acceptors (Lipinski definition) is 4. The molecular formula is C17H13N5. The van der Waals surface area contributed by atoms with Crippen molar-refractivity contribution in [3.05, 3.63) is 67.0 Å². The molecule has 1 aromatic carbocycles. The Kier molecular flexibility index (Phi) is 2.89. The molecule has 0 amide bonds. The van der Waals surface area contributed by atoms with Crippen molar-refractivity contribution in [3.8, 4) is 16.9 Å². The molecule has 106 valence electrons. The molecule has 0 fully saturated rings. The third-order valence-electron chi connectivity index (χ3n) is 3.64. The van der Waals surface area contributed by atoms with Crippen molar-refractivity contribution in [1.29, 1.82) is 0 Å². The number of hydrogen-bond donors (Lipinski definition) is 0. The van der Waals surface area contributed by atoms with Crippen LogP contribution in [0.25, 0.3) is 27.8 Å². The topological polar surface area (TPSA) is 56.5 Å². The van der Waals surface area contributed by atoms with Crippen molar-refractivity contribution in [2.75, 3.05) is 0 Å². The van der Waals surface area contributed by atoms with Crippen LogP contribution in [0.2, 0.25) is 0 Å². The first-order chi connectivity index (χ1) is 10.8. The van der Waals surface area contributed by atoms with Crippen LogP contribution in [0, 0.1) is 6.92 Å². The van der Waals surface area contributed by atoms with Gasteiger partial charge >= 0.3 is 0 Å². The molecule has 3 aromatic heterocycles. The normalized spacial score (nSPS) is 11.0. The van der Waals surface area contributed by atoms with Gasteiger partial charge in [0.15, 0.2) is 0 Å². The molecule has 5 nitrogen and oxygen atoms in total. The standard InChI is InChI=1S/C17H13N5/c1-12-6-14(9-19-17(12)22-10-20-21-11-22)15-7-13-4-2-3-5-16(13)18-8-15/h2-11H,1H3. The molecule has 0 aliphatic rings. The highest BCUT2D eigenvalue weighted by molar-refractivity contribution is 5.83. The van der Waals surface area contributed by atoms with E-state index in [0.717, 1.165) is 33.4 Å². The largest absolute Gasteiger partial charge is 0.272 e. The highest BCUT2D eigenvalue weighted by Gasteiger charge is 2.07. The highest BCUT2D eigenvalue weighted by Crippen LogP contribution is 2.24. The molecule has 3 heterocycles. The Balaban J connectivity index is 1.80. The minimum Gasteiger partial charge on any atom is -0.272 e. The van der Waals surface area contributed by atoms with Crippen molar-refractivity contribution < 1.29 is 0 Å². The third-order valence-corrected chi connectivity index (χ3v) is 3.64. The molecule has 22 heavy (non-hydrogen) atoms. The summed E-state index contributed by atoms with van der Waals surface area (Å²) in [7, 11) is 0. The van der Waals surface area contributed by atoms with Gasteiger partial charge in [-0.05, 0) is 30.7 Å². The van der Waals surface area contributed by atoms with E-state index in [9.17, 15) is 0 Å². The van der Waals surface area contributed by atoms with Crippen LogP contribution in [0.1, 0.15) is 5.56 Å². The average molecular weight is 287 g/mol. The minimum absolute atomic E-state index is 0.836. The molecule has 0 aliphatic heterocycles. The van der Waals surface area contributed by atoms with Crippen LogP contribution in [0.3, 0.4) is 0 Å². The Morgan fingerprint density at radius 2 is 1.59 bits per heavy atom. The van der Waals surface area contributed by atoms with Crippen LogP contribution in [0.4, 0.5) is 0 Å². The summed E-state index contributed by atoms with van der Waals surface area (Å²) in [5.41, 5.74) is 4.17. The number of para-hydroxylation sites is 1. The molecule has 0 N–H and O–H groups in total. The van der Waals surface area contributed by atoms with Crippen LogP contribution in [-0.2, 0) is 0 Å². The maximum Gasteiger partial charge on any atom is 0.142 e. The zero-order valence-electron chi connectivity index (χ0n) is 12.0. The second-order valence-electron chi connectivity index (χ2n) is 5.15. The molecule has 0 spiro atoms. The smallest absolute Gasteiger partial charge is 0.142 e. The van der Waals surface area contributed by atoms with E-state index in [-0.39, 0.29) is 0 Å². The van der Waals surface area contributed by atoms with Crippen LogP contribution >= 0.6 is 0 Å². The van der Waals surface area contributed by atoms with E-state index in [1.165, 1.54) is 0 Å². The first-order valence-electron chi connectivity index (χ1n) is 6.98. The van der Waals surface area contributed by atoms with Crippen LogP contribution in [0.15, 0.2) is 61.4 Å². The van der Waals surface area contributed by atoms with Gasteiger partial charge in [-0.15, -0.1) is 10.2 Å². The third kappa shape index (κ3) is 2.13. The van der Waals surface area contributed by atoms with Crippen molar-refractivity contribution in [2.45, 2.75) is 6.92 Å². The molecule has 0 unspecified atom stereocenters. The summed E-state index contributed by atoms with van der Waals surface area (Å²) in [4.78, 5) is 9.04. The van der Waals surface area contributed by atoms with Gasteiger partial charge < -0.3 is 0 Å². The summed E-state index contributed by atoms with van der Waals surface area (Å²) in [5.74, 6) is 0.836. The molecule has 0 saturated heterocycles. The summed E-state index contributed by atoms with van der Waals surface area (Å²) in [5, 5.41) is 8.76. The number of rotatable bonds is 2. The van der Waals surface area contributed by atoms with Crippen molar-refractivity contribution in [3.63, 3.8) is 0 Å². The van der Waals surface area contributed by atoms with Gasteiger partial charge in [0.2, 0.25) is 0 Å². The predicted octanol–water partition coefficient (Wildman–Crippen LogP) is 3.19. The first kappa shape index (κ1) is 12.6. The van der Waals surface area contributed by atoms with Crippen molar-refractivity contribution in [2.24, 2.45) is 0 Å². The fourth-order valence-electron chi connectivity index (χ4n) is 2.53. The molecule has 0 radical (unpaired) electrons. The molecule has 0 atom stereocenters. The summed E-state index contributed by atoms with van der Waals surface area (Å²) in [6.45, 7) is 2.03. The lowest BCUT2D eigenvalue weighted by Crippen LogP contribution is -1.98. The van der Waals surface area contributed by atoms with E-state index in [2.05, 4.69) is 38.4 Å². The summed E-state index contributed by atoms with van der Waals surface area (Å²) < 4.78 is 1.80. The molecule has 0 saturated carbocycles. The number of aromatic nitrogens is 5. The minimum atomic E-state index is 0.836. The maximum atomic E-state index is 4.53. The quantitative estimate of drug-likeness (QED) is 0.568. The highest BCUT2D eigenvalue weighted by atomic mass is 15.2. The average Bonchev–Trinajstić information content (AvgIpc) is 3.08. The molecule has 4 aromatic rings. The number of nitrogens with zero attached hydrogens (tertiary/aromatic N) is 5. The van der Waals surface area contributed by atoms with Gasteiger partial charge in [-0.2, -0.15) is 0 Å². The fourth-order valence-corrected chi connectivity index (χ4v) is 2.53. The Labute approximate surface area is 127 Å². The molecule has 5 heteroatoms. The van der Waals surface area contributed by atoms with Gasteiger partial charge in [0, 0.05) is 28.9 Å². The summed E-state index contributed by atoms with van der Waals surface area (Å²) >= 11 is 0.